The molecule has 0 saturated carbocycles. The Morgan fingerprint density at radius 1 is 1.39 bits per heavy atom. The van der Waals surface area contributed by atoms with E-state index in [0.29, 0.717) is 13.1 Å². The minimum atomic E-state index is -0.390. The molecule has 1 saturated heterocycles. The molecule has 0 radical (unpaired) electrons. The molecule has 1 N–H and O–H groups in total. The molecular weight excluding hydrogens is 250 g/mol. The zero-order valence-corrected chi connectivity index (χ0v) is 12.3. The maximum Gasteiger partial charge on any atom is 0.312 e. The summed E-state index contributed by atoms with van der Waals surface area (Å²) in [5, 5.41) is 3.22. The molecule has 1 atom stereocenters. The molecular formula is C12H23N3O2S. The number of carbonyl (C=O) groups is 2. The van der Waals surface area contributed by atoms with E-state index < -0.39 is 5.91 Å². The summed E-state index contributed by atoms with van der Waals surface area (Å²) in [6.07, 6.45) is 2.90. The Kier molecular flexibility index (Phi) is 6.49. The highest BCUT2D eigenvalue weighted by molar-refractivity contribution is 7.98. The maximum absolute atomic E-state index is 12.1. The van der Waals surface area contributed by atoms with Gasteiger partial charge in [-0.3, -0.25) is 9.59 Å². The molecule has 1 fully saturated rings. The lowest BCUT2D eigenvalue weighted by atomic mass is 10.3. The fraction of sp³-hybridized carbons (Fsp3) is 0.833. The van der Waals surface area contributed by atoms with E-state index in [1.165, 1.54) is 0 Å². The highest BCUT2D eigenvalue weighted by atomic mass is 32.2. The van der Waals surface area contributed by atoms with Crippen molar-refractivity contribution >= 4 is 23.6 Å². The lowest BCUT2D eigenvalue weighted by Gasteiger charge is -2.27. The molecule has 1 aliphatic heterocycles. The van der Waals surface area contributed by atoms with E-state index in [1.54, 1.807) is 28.6 Å². The third kappa shape index (κ3) is 4.17. The molecule has 0 aromatic rings. The molecule has 1 aliphatic rings. The van der Waals surface area contributed by atoms with Crippen LogP contribution in [0.5, 0.6) is 0 Å². The number of thioether (sulfide) groups is 1. The van der Waals surface area contributed by atoms with Crippen molar-refractivity contribution in [1.82, 2.24) is 15.1 Å². The first-order valence-corrected chi connectivity index (χ1v) is 7.73. The van der Waals surface area contributed by atoms with Gasteiger partial charge in [0.1, 0.15) is 0 Å². The number of nitrogens with zero attached hydrogens (tertiary/aromatic N) is 2. The minimum absolute atomic E-state index is 0.0848. The molecule has 0 aromatic carbocycles. The standard InChI is InChI=1S/C12H23N3O2S/c1-10(9-18-3)14(2)11(16)12(17)15-7-4-5-13-6-8-15/h10,13H,4-9H2,1-3H3. The molecule has 0 aromatic heterocycles. The van der Waals surface area contributed by atoms with Gasteiger partial charge in [0.25, 0.3) is 0 Å². The first-order valence-electron chi connectivity index (χ1n) is 6.33. The molecule has 1 heterocycles. The molecule has 18 heavy (non-hydrogen) atoms. The van der Waals surface area contributed by atoms with Gasteiger partial charge in [-0.15, -0.1) is 0 Å². The highest BCUT2D eigenvalue weighted by Gasteiger charge is 2.27. The summed E-state index contributed by atoms with van der Waals surface area (Å²) in [5.41, 5.74) is 0. The topological polar surface area (TPSA) is 52.7 Å². The summed E-state index contributed by atoms with van der Waals surface area (Å²) in [5.74, 6) is 0.0875. The van der Waals surface area contributed by atoms with Crippen LogP contribution in [-0.2, 0) is 9.59 Å². The SMILES string of the molecule is CSCC(C)N(C)C(=O)C(=O)N1CCCNCC1. The Labute approximate surface area is 113 Å². The third-order valence-electron chi connectivity index (χ3n) is 3.20. The van der Waals surface area contributed by atoms with E-state index in [4.69, 9.17) is 0 Å². The molecule has 6 heteroatoms. The van der Waals surface area contributed by atoms with Gasteiger partial charge in [-0.25, -0.2) is 0 Å². The van der Waals surface area contributed by atoms with Crippen molar-refractivity contribution in [3.63, 3.8) is 0 Å². The number of likely N-dealkylation sites (N-methyl/N-ethyl adjacent to an activating group) is 1. The lowest BCUT2D eigenvalue weighted by molar-refractivity contribution is -0.151. The predicted octanol–water partition coefficient (Wildman–Crippen LogP) is 0.0182. The zero-order chi connectivity index (χ0) is 13.5. The second-order valence-electron chi connectivity index (χ2n) is 4.62. The molecule has 1 unspecified atom stereocenters. The monoisotopic (exact) mass is 273 g/mol. The number of hydrogen-bond donors (Lipinski definition) is 1. The Morgan fingerprint density at radius 3 is 2.78 bits per heavy atom. The average molecular weight is 273 g/mol. The molecule has 0 bridgehead atoms. The van der Waals surface area contributed by atoms with Gasteiger partial charge >= 0.3 is 11.8 Å². The van der Waals surface area contributed by atoms with Crippen LogP contribution in [0.3, 0.4) is 0 Å². The van der Waals surface area contributed by atoms with E-state index in [1.807, 2.05) is 13.2 Å². The fourth-order valence-electron chi connectivity index (χ4n) is 1.89. The molecule has 104 valence electrons. The van der Waals surface area contributed by atoms with E-state index in [-0.39, 0.29) is 11.9 Å². The van der Waals surface area contributed by atoms with Crippen molar-refractivity contribution in [3.05, 3.63) is 0 Å². The van der Waals surface area contributed by atoms with Gasteiger partial charge in [0.15, 0.2) is 0 Å². The van der Waals surface area contributed by atoms with Crippen molar-refractivity contribution in [2.24, 2.45) is 0 Å². The first-order chi connectivity index (χ1) is 8.57. The van der Waals surface area contributed by atoms with Crippen LogP contribution in [0.25, 0.3) is 0 Å². The van der Waals surface area contributed by atoms with Crippen LogP contribution in [0.4, 0.5) is 0 Å². The lowest BCUT2D eigenvalue weighted by Crippen LogP contribution is -2.48. The number of carbonyl (C=O) groups excluding carboxylic acids is 2. The van der Waals surface area contributed by atoms with Crippen LogP contribution in [-0.4, -0.2) is 72.9 Å². The highest BCUT2D eigenvalue weighted by Crippen LogP contribution is 2.06. The predicted molar refractivity (Wildman–Crippen MR) is 74.7 cm³/mol. The van der Waals surface area contributed by atoms with Gasteiger partial charge in [-0.1, -0.05) is 0 Å². The van der Waals surface area contributed by atoms with E-state index in [0.717, 1.165) is 25.3 Å². The molecule has 5 nitrogen and oxygen atoms in total. The van der Waals surface area contributed by atoms with Gasteiger partial charge in [-0.2, -0.15) is 11.8 Å². The van der Waals surface area contributed by atoms with Gasteiger partial charge in [-0.05, 0) is 26.1 Å². The Bertz CT molecular complexity index is 291. The second kappa shape index (κ2) is 7.63. The summed E-state index contributed by atoms with van der Waals surface area (Å²) in [6.45, 7) is 4.93. The van der Waals surface area contributed by atoms with E-state index in [9.17, 15) is 9.59 Å². The maximum atomic E-state index is 12.1. The Hall–Kier alpha value is -0.750. The average Bonchev–Trinajstić information content (AvgIpc) is 2.65. The third-order valence-corrected chi connectivity index (χ3v) is 4.02. The summed E-state index contributed by atoms with van der Waals surface area (Å²) >= 11 is 1.68. The van der Waals surface area contributed by atoms with Crippen molar-refractivity contribution in [2.75, 3.05) is 45.2 Å². The molecule has 0 aliphatic carbocycles. The van der Waals surface area contributed by atoms with Gasteiger partial charge in [0.2, 0.25) is 0 Å². The molecule has 1 rings (SSSR count). The zero-order valence-electron chi connectivity index (χ0n) is 11.4. The van der Waals surface area contributed by atoms with Gasteiger partial charge < -0.3 is 15.1 Å². The molecule has 0 spiro atoms. The summed E-state index contributed by atoms with van der Waals surface area (Å²) in [7, 11) is 1.71. The Morgan fingerprint density at radius 2 is 2.11 bits per heavy atom. The fourth-order valence-corrected chi connectivity index (χ4v) is 2.59. The van der Waals surface area contributed by atoms with E-state index in [2.05, 4.69) is 5.32 Å². The summed E-state index contributed by atoms with van der Waals surface area (Å²) < 4.78 is 0. The van der Waals surface area contributed by atoms with Crippen LogP contribution < -0.4 is 5.32 Å². The Balaban J connectivity index is 2.56. The quantitative estimate of drug-likeness (QED) is 0.737. The van der Waals surface area contributed by atoms with Gasteiger partial charge in [0.05, 0.1) is 0 Å². The number of hydrogen-bond acceptors (Lipinski definition) is 4. The first kappa shape index (κ1) is 15.3. The number of nitrogens with one attached hydrogen (secondary N) is 1. The van der Waals surface area contributed by atoms with Crippen LogP contribution in [0.15, 0.2) is 0 Å². The van der Waals surface area contributed by atoms with Crippen LogP contribution in [0.2, 0.25) is 0 Å². The molecule has 2 amide bonds. The van der Waals surface area contributed by atoms with Crippen molar-refractivity contribution in [2.45, 2.75) is 19.4 Å². The number of rotatable bonds is 3. The van der Waals surface area contributed by atoms with Crippen LogP contribution in [0, 0.1) is 0 Å². The normalized spacial score (nSPS) is 18.1. The van der Waals surface area contributed by atoms with E-state index >= 15 is 0 Å². The van der Waals surface area contributed by atoms with Crippen molar-refractivity contribution < 1.29 is 9.59 Å². The summed E-state index contributed by atoms with van der Waals surface area (Å²) in [4.78, 5) is 27.4. The van der Waals surface area contributed by atoms with Gasteiger partial charge in [0, 0.05) is 38.5 Å². The smallest absolute Gasteiger partial charge is 0.312 e. The number of amides is 2. The van der Waals surface area contributed by atoms with Crippen molar-refractivity contribution in [1.29, 1.82) is 0 Å². The minimum Gasteiger partial charge on any atom is -0.334 e. The van der Waals surface area contributed by atoms with Crippen molar-refractivity contribution in [3.8, 4) is 0 Å². The summed E-state index contributed by atoms with van der Waals surface area (Å²) in [6, 6.07) is 0.0848. The largest absolute Gasteiger partial charge is 0.334 e. The van der Waals surface area contributed by atoms with Crippen LogP contribution >= 0.6 is 11.8 Å². The second-order valence-corrected chi connectivity index (χ2v) is 5.53. The van der Waals surface area contributed by atoms with Crippen LogP contribution in [0.1, 0.15) is 13.3 Å².